The summed E-state index contributed by atoms with van der Waals surface area (Å²) in [6, 6.07) is 0. The second-order valence-electron chi connectivity index (χ2n) is 7.96. The van der Waals surface area contributed by atoms with Gasteiger partial charge in [0.15, 0.2) is 0 Å². The summed E-state index contributed by atoms with van der Waals surface area (Å²) in [5.74, 6) is -0.0677. The number of piperidine rings is 1. The molecule has 1 aromatic rings. The van der Waals surface area contributed by atoms with Crippen molar-refractivity contribution in [2.75, 3.05) is 46.4 Å². The lowest BCUT2D eigenvalue weighted by Crippen LogP contribution is -2.38. The third kappa shape index (κ3) is 3.64. The summed E-state index contributed by atoms with van der Waals surface area (Å²) in [6.45, 7) is 5.90. The number of imidazole rings is 1. The smallest absolute Gasteiger partial charge is 0.381 e. The largest absolute Gasteiger partial charge is 0.449 e. The average molecular weight is 372 g/mol. The summed E-state index contributed by atoms with van der Waals surface area (Å²) < 4.78 is 47.5. The number of hydrogen-bond donors (Lipinski definition) is 0. The number of nitrogens with zero attached hydrogens (tertiary/aromatic N) is 4. The predicted molar refractivity (Wildman–Crippen MR) is 90.9 cm³/mol. The molecule has 3 aliphatic rings. The normalized spacial score (nSPS) is 26.4. The van der Waals surface area contributed by atoms with Crippen LogP contribution in [0.2, 0.25) is 0 Å². The van der Waals surface area contributed by atoms with Crippen molar-refractivity contribution in [1.29, 1.82) is 0 Å². The van der Waals surface area contributed by atoms with E-state index in [1.54, 1.807) is 0 Å². The van der Waals surface area contributed by atoms with Crippen molar-refractivity contribution in [3.05, 3.63) is 17.2 Å². The highest BCUT2D eigenvalue weighted by atomic mass is 19.4. The van der Waals surface area contributed by atoms with E-state index in [-0.39, 0.29) is 5.92 Å². The first kappa shape index (κ1) is 18.3. The van der Waals surface area contributed by atoms with Crippen molar-refractivity contribution >= 4 is 0 Å². The summed E-state index contributed by atoms with van der Waals surface area (Å²) >= 11 is 0. The van der Waals surface area contributed by atoms with Crippen LogP contribution in [-0.2, 0) is 24.0 Å². The summed E-state index contributed by atoms with van der Waals surface area (Å²) in [6.07, 6.45) is -1.58. The molecule has 0 amide bonds. The van der Waals surface area contributed by atoms with Gasteiger partial charge in [-0.05, 0) is 45.3 Å². The molecule has 0 spiro atoms. The first-order valence-corrected chi connectivity index (χ1v) is 9.57. The Labute approximate surface area is 152 Å². The molecule has 26 heavy (non-hydrogen) atoms. The van der Waals surface area contributed by atoms with Crippen molar-refractivity contribution in [1.82, 2.24) is 19.4 Å². The minimum Gasteiger partial charge on any atom is -0.381 e. The Balaban J connectivity index is 1.59. The predicted octanol–water partition coefficient (Wildman–Crippen LogP) is 2.56. The molecule has 1 unspecified atom stereocenters. The molecule has 0 radical (unpaired) electrons. The van der Waals surface area contributed by atoms with E-state index in [0.717, 1.165) is 57.8 Å². The van der Waals surface area contributed by atoms with Gasteiger partial charge in [-0.3, -0.25) is 4.90 Å². The van der Waals surface area contributed by atoms with Crippen LogP contribution in [0.1, 0.15) is 42.4 Å². The third-order valence-electron chi connectivity index (χ3n) is 6.02. The van der Waals surface area contributed by atoms with E-state index in [1.165, 1.54) is 4.57 Å². The maximum atomic E-state index is 13.5. The van der Waals surface area contributed by atoms with Crippen molar-refractivity contribution in [3.63, 3.8) is 0 Å². The fraction of sp³-hybridized carbons (Fsp3) is 0.833. The number of alkyl halides is 3. The van der Waals surface area contributed by atoms with Crippen LogP contribution >= 0.6 is 0 Å². The Morgan fingerprint density at radius 3 is 2.54 bits per heavy atom. The first-order chi connectivity index (χ1) is 12.4. The Kier molecular flexibility index (Phi) is 5.00. The maximum Gasteiger partial charge on any atom is 0.449 e. The van der Waals surface area contributed by atoms with Gasteiger partial charge >= 0.3 is 6.18 Å². The molecule has 0 saturated carbocycles. The molecule has 0 aromatic carbocycles. The molecule has 0 N–H and O–H groups in total. The van der Waals surface area contributed by atoms with Crippen LogP contribution < -0.4 is 0 Å². The number of fused-ring (bicyclic) bond motifs is 1. The van der Waals surface area contributed by atoms with E-state index in [9.17, 15) is 13.2 Å². The fourth-order valence-corrected chi connectivity index (χ4v) is 4.52. The lowest BCUT2D eigenvalue weighted by atomic mass is 9.92. The number of likely N-dealkylation sites (tertiary alicyclic amines) is 1. The number of halogens is 3. The summed E-state index contributed by atoms with van der Waals surface area (Å²) in [5.41, 5.74) is 1.48. The number of ether oxygens (including phenoxy) is 1. The van der Waals surface area contributed by atoms with E-state index in [1.807, 2.05) is 0 Å². The van der Waals surface area contributed by atoms with Gasteiger partial charge in [0.05, 0.1) is 18.0 Å². The lowest BCUT2D eigenvalue weighted by molar-refractivity contribution is -0.147. The minimum atomic E-state index is -4.39. The van der Waals surface area contributed by atoms with E-state index < -0.39 is 12.0 Å². The maximum absolute atomic E-state index is 13.5. The molecular formula is C18H27F3N4O. The van der Waals surface area contributed by atoms with Crippen molar-refractivity contribution in [2.24, 2.45) is 5.92 Å². The van der Waals surface area contributed by atoms with E-state index in [2.05, 4.69) is 21.8 Å². The van der Waals surface area contributed by atoms with Gasteiger partial charge in [0.1, 0.15) is 0 Å². The summed E-state index contributed by atoms with van der Waals surface area (Å²) in [5, 5.41) is 0. The third-order valence-corrected chi connectivity index (χ3v) is 6.02. The highest BCUT2D eigenvalue weighted by Gasteiger charge is 2.41. The number of hydrogen-bond acceptors (Lipinski definition) is 4. The lowest BCUT2D eigenvalue weighted by Gasteiger charge is -2.33. The van der Waals surface area contributed by atoms with Crippen molar-refractivity contribution < 1.29 is 17.9 Å². The van der Waals surface area contributed by atoms with Gasteiger partial charge < -0.3 is 14.2 Å². The molecule has 1 aromatic heterocycles. The minimum absolute atomic E-state index is 0.137. The van der Waals surface area contributed by atoms with E-state index in [0.29, 0.717) is 31.2 Å². The van der Waals surface area contributed by atoms with Crippen LogP contribution in [0.25, 0.3) is 0 Å². The van der Waals surface area contributed by atoms with Gasteiger partial charge in [0.25, 0.3) is 0 Å². The van der Waals surface area contributed by atoms with Crippen LogP contribution in [-0.4, -0.2) is 65.8 Å². The van der Waals surface area contributed by atoms with Gasteiger partial charge in [0.2, 0.25) is 5.82 Å². The molecule has 4 rings (SSSR count). The first-order valence-electron chi connectivity index (χ1n) is 9.57. The molecule has 146 valence electrons. The van der Waals surface area contributed by atoms with Crippen LogP contribution in [0.5, 0.6) is 0 Å². The van der Waals surface area contributed by atoms with Crippen molar-refractivity contribution in [3.8, 4) is 0 Å². The quantitative estimate of drug-likeness (QED) is 0.817. The SMILES string of the molecule is CN1CCC(c2nc(C(F)(F)F)n3c2CN(CC2CCOC2)CC3)CC1. The highest BCUT2D eigenvalue weighted by molar-refractivity contribution is 5.25. The van der Waals surface area contributed by atoms with Gasteiger partial charge in [-0.2, -0.15) is 13.2 Å². The molecule has 2 fully saturated rings. The highest BCUT2D eigenvalue weighted by Crippen LogP contribution is 2.37. The molecule has 3 aliphatic heterocycles. The van der Waals surface area contributed by atoms with E-state index >= 15 is 0 Å². The molecule has 8 heteroatoms. The second-order valence-corrected chi connectivity index (χ2v) is 7.96. The molecule has 0 bridgehead atoms. The fourth-order valence-electron chi connectivity index (χ4n) is 4.52. The van der Waals surface area contributed by atoms with Gasteiger partial charge in [0, 0.05) is 38.7 Å². The molecule has 5 nitrogen and oxygen atoms in total. The molecule has 0 aliphatic carbocycles. The number of rotatable bonds is 3. The van der Waals surface area contributed by atoms with Gasteiger partial charge in [-0.1, -0.05) is 0 Å². The molecule has 2 saturated heterocycles. The topological polar surface area (TPSA) is 33.5 Å². The molecule has 4 heterocycles. The zero-order chi connectivity index (χ0) is 18.3. The Hall–Kier alpha value is -1.12. The van der Waals surface area contributed by atoms with Crippen LogP contribution in [0.3, 0.4) is 0 Å². The monoisotopic (exact) mass is 372 g/mol. The van der Waals surface area contributed by atoms with Crippen LogP contribution in [0.15, 0.2) is 0 Å². The summed E-state index contributed by atoms with van der Waals surface area (Å²) in [4.78, 5) is 8.67. The van der Waals surface area contributed by atoms with Crippen molar-refractivity contribution in [2.45, 2.75) is 44.4 Å². The van der Waals surface area contributed by atoms with Crippen LogP contribution in [0.4, 0.5) is 13.2 Å². The van der Waals surface area contributed by atoms with Gasteiger partial charge in [-0.15, -0.1) is 0 Å². The Morgan fingerprint density at radius 2 is 1.88 bits per heavy atom. The Bertz CT molecular complexity index is 631. The zero-order valence-corrected chi connectivity index (χ0v) is 15.3. The zero-order valence-electron chi connectivity index (χ0n) is 15.3. The summed E-state index contributed by atoms with van der Waals surface area (Å²) in [7, 11) is 2.06. The standard InChI is InChI=1S/C18H27F3N4O/c1-23-5-2-14(3-6-23)16-15-11-24(10-13-4-9-26-12-13)7-8-25(15)17(22-16)18(19,20)21/h13-14H,2-12H2,1H3. The average Bonchev–Trinajstić information content (AvgIpc) is 3.22. The Morgan fingerprint density at radius 1 is 1.12 bits per heavy atom. The second kappa shape index (κ2) is 7.13. The van der Waals surface area contributed by atoms with Crippen LogP contribution in [0, 0.1) is 5.92 Å². The molecule has 1 atom stereocenters. The van der Waals surface area contributed by atoms with Gasteiger partial charge in [-0.25, -0.2) is 4.98 Å². The van der Waals surface area contributed by atoms with E-state index in [4.69, 9.17) is 4.74 Å². The number of aromatic nitrogens is 2. The molecular weight excluding hydrogens is 345 g/mol.